The molecule has 2 aliphatic rings. The third kappa shape index (κ3) is 0.878. The molecule has 0 saturated heterocycles. The Morgan fingerprint density at radius 2 is 1.80 bits per heavy atom. The van der Waals surface area contributed by atoms with Gasteiger partial charge in [-0.3, -0.25) is 0 Å². The van der Waals surface area contributed by atoms with E-state index in [2.05, 4.69) is 6.92 Å². The van der Waals surface area contributed by atoms with Crippen molar-refractivity contribution in [1.82, 2.24) is 0 Å². The smallest absolute Gasteiger partial charge is 0.0484 e. The predicted molar refractivity (Wildman–Crippen MR) is 40.7 cm³/mol. The van der Waals surface area contributed by atoms with Crippen molar-refractivity contribution in [2.75, 3.05) is 6.61 Å². The highest BCUT2D eigenvalue weighted by Gasteiger charge is 2.52. The summed E-state index contributed by atoms with van der Waals surface area (Å²) in [6, 6.07) is 0. The minimum Gasteiger partial charge on any atom is -0.396 e. The molecular formula is C9H16O. The van der Waals surface area contributed by atoms with Crippen LogP contribution in [0.15, 0.2) is 0 Å². The minimum atomic E-state index is 0.288. The Labute approximate surface area is 62.4 Å². The maximum absolute atomic E-state index is 9.09. The second kappa shape index (κ2) is 1.76. The van der Waals surface area contributed by atoms with Gasteiger partial charge in [0.25, 0.3) is 0 Å². The fraction of sp³-hybridized carbons (Fsp3) is 1.00. The summed E-state index contributed by atoms with van der Waals surface area (Å²) < 4.78 is 0. The summed E-state index contributed by atoms with van der Waals surface area (Å²) >= 11 is 0. The molecule has 1 heteroatoms. The zero-order valence-corrected chi connectivity index (χ0v) is 6.69. The molecule has 1 spiro atoms. The number of aliphatic hydroxyl groups is 1. The Balaban J connectivity index is 2.04. The second-order valence-electron chi connectivity index (χ2n) is 4.65. The molecule has 0 unspecified atom stereocenters. The number of rotatable bonds is 1. The van der Waals surface area contributed by atoms with Crippen LogP contribution in [0.1, 0.15) is 39.0 Å². The molecule has 0 aliphatic heterocycles. The van der Waals surface area contributed by atoms with Gasteiger partial charge in [0.2, 0.25) is 0 Å². The lowest BCUT2D eigenvalue weighted by molar-refractivity contribution is 0.142. The van der Waals surface area contributed by atoms with Gasteiger partial charge in [-0.25, -0.2) is 0 Å². The summed E-state index contributed by atoms with van der Waals surface area (Å²) in [6.45, 7) is 2.62. The monoisotopic (exact) mass is 140 g/mol. The fourth-order valence-electron chi connectivity index (χ4n) is 2.39. The lowest BCUT2D eigenvalue weighted by Gasteiger charge is -2.20. The molecule has 0 heterocycles. The van der Waals surface area contributed by atoms with Crippen LogP contribution in [0.5, 0.6) is 0 Å². The summed E-state index contributed by atoms with van der Waals surface area (Å²) in [4.78, 5) is 0. The molecule has 1 N–H and O–H groups in total. The Morgan fingerprint density at radius 1 is 1.20 bits per heavy atom. The third-order valence-corrected chi connectivity index (χ3v) is 3.40. The maximum atomic E-state index is 9.09. The van der Waals surface area contributed by atoms with Gasteiger partial charge in [-0.15, -0.1) is 0 Å². The van der Waals surface area contributed by atoms with Gasteiger partial charge in [-0.1, -0.05) is 6.92 Å². The van der Waals surface area contributed by atoms with Crippen LogP contribution in [-0.4, -0.2) is 11.7 Å². The van der Waals surface area contributed by atoms with Gasteiger partial charge in [0.15, 0.2) is 0 Å². The zero-order valence-electron chi connectivity index (χ0n) is 6.69. The molecule has 0 aromatic carbocycles. The summed E-state index contributed by atoms with van der Waals surface area (Å²) in [5.74, 6) is 0. The summed E-state index contributed by atoms with van der Waals surface area (Å²) in [7, 11) is 0. The van der Waals surface area contributed by atoms with Crippen molar-refractivity contribution in [3.05, 3.63) is 0 Å². The van der Waals surface area contributed by atoms with Crippen molar-refractivity contribution >= 4 is 0 Å². The average molecular weight is 140 g/mol. The van der Waals surface area contributed by atoms with Crippen molar-refractivity contribution in [3.63, 3.8) is 0 Å². The Kier molecular flexibility index (Phi) is 1.17. The Morgan fingerprint density at radius 3 is 2.10 bits per heavy atom. The number of hydrogen-bond acceptors (Lipinski definition) is 1. The van der Waals surface area contributed by atoms with E-state index >= 15 is 0 Å². The van der Waals surface area contributed by atoms with Crippen molar-refractivity contribution in [2.24, 2.45) is 10.8 Å². The predicted octanol–water partition coefficient (Wildman–Crippen LogP) is 1.95. The molecular weight excluding hydrogens is 124 g/mol. The number of aliphatic hydroxyl groups excluding tert-OH is 1. The maximum Gasteiger partial charge on any atom is 0.0484 e. The first-order valence-corrected chi connectivity index (χ1v) is 4.29. The molecule has 0 bridgehead atoms. The van der Waals surface area contributed by atoms with Crippen LogP contribution >= 0.6 is 0 Å². The van der Waals surface area contributed by atoms with E-state index in [1.165, 1.54) is 32.1 Å². The highest BCUT2D eigenvalue weighted by atomic mass is 16.3. The van der Waals surface area contributed by atoms with Gasteiger partial charge in [0.05, 0.1) is 0 Å². The third-order valence-electron chi connectivity index (χ3n) is 3.40. The van der Waals surface area contributed by atoms with Gasteiger partial charge >= 0.3 is 0 Å². The molecule has 0 radical (unpaired) electrons. The molecule has 0 aromatic heterocycles. The summed E-state index contributed by atoms with van der Waals surface area (Å²) in [6.07, 6.45) is 6.79. The van der Waals surface area contributed by atoms with Crippen LogP contribution < -0.4 is 0 Å². The highest BCUT2D eigenvalue weighted by molar-refractivity contribution is 5.03. The molecule has 58 valence electrons. The molecule has 2 fully saturated rings. The van der Waals surface area contributed by atoms with Crippen molar-refractivity contribution in [3.8, 4) is 0 Å². The molecule has 2 rings (SSSR count). The highest BCUT2D eigenvalue weighted by Crippen LogP contribution is 2.63. The van der Waals surface area contributed by atoms with Crippen LogP contribution in [0.3, 0.4) is 0 Å². The average Bonchev–Trinajstić information content (AvgIpc) is 2.56. The molecule has 0 amide bonds. The number of hydrogen-bond donors (Lipinski definition) is 1. The standard InChI is InChI=1S/C9H16O/c1-8(7-10)2-3-9(6-8)4-5-9/h10H,2-7H2,1H3/t8-/m1/s1. The lowest BCUT2D eigenvalue weighted by atomic mass is 9.88. The van der Waals surface area contributed by atoms with E-state index in [4.69, 9.17) is 5.11 Å². The van der Waals surface area contributed by atoms with Gasteiger partial charge in [-0.05, 0) is 42.9 Å². The fourth-order valence-corrected chi connectivity index (χ4v) is 2.39. The van der Waals surface area contributed by atoms with E-state index in [0.717, 1.165) is 5.41 Å². The van der Waals surface area contributed by atoms with Gasteiger partial charge in [-0.2, -0.15) is 0 Å². The first kappa shape index (κ1) is 6.66. The van der Waals surface area contributed by atoms with Crippen LogP contribution in [0.25, 0.3) is 0 Å². The van der Waals surface area contributed by atoms with Gasteiger partial charge < -0.3 is 5.11 Å². The van der Waals surface area contributed by atoms with E-state index in [0.29, 0.717) is 6.61 Å². The van der Waals surface area contributed by atoms with E-state index < -0.39 is 0 Å². The van der Waals surface area contributed by atoms with E-state index in [1.54, 1.807) is 0 Å². The quantitative estimate of drug-likeness (QED) is 0.590. The van der Waals surface area contributed by atoms with E-state index in [1.807, 2.05) is 0 Å². The largest absolute Gasteiger partial charge is 0.396 e. The molecule has 10 heavy (non-hydrogen) atoms. The van der Waals surface area contributed by atoms with Crippen LogP contribution in [-0.2, 0) is 0 Å². The zero-order chi connectivity index (χ0) is 7.24. The summed E-state index contributed by atoms with van der Waals surface area (Å²) in [5, 5.41) is 9.09. The molecule has 1 atom stereocenters. The first-order chi connectivity index (χ1) is 4.68. The van der Waals surface area contributed by atoms with Crippen LogP contribution in [0.4, 0.5) is 0 Å². The Hall–Kier alpha value is -0.0400. The minimum absolute atomic E-state index is 0.288. The van der Waals surface area contributed by atoms with Crippen molar-refractivity contribution in [2.45, 2.75) is 39.0 Å². The Bertz CT molecular complexity index is 149. The molecule has 2 saturated carbocycles. The SMILES string of the molecule is C[C@@]1(CO)CCC2(CC2)C1. The van der Waals surface area contributed by atoms with Crippen molar-refractivity contribution < 1.29 is 5.11 Å². The summed E-state index contributed by atoms with van der Waals surface area (Å²) in [5.41, 5.74) is 1.01. The molecule has 0 aromatic rings. The van der Waals surface area contributed by atoms with Crippen LogP contribution in [0.2, 0.25) is 0 Å². The van der Waals surface area contributed by atoms with Gasteiger partial charge in [0, 0.05) is 6.61 Å². The van der Waals surface area contributed by atoms with E-state index in [-0.39, 0.29) is 5.41 Å². The van der Waals surface area contributed by atoms with Crippen LogP contribution in [0, 0.1) is 10.8 Å². The molecule has 2 aliphatic carbocycles. The second-order valence-corrected chi connectivity index (χ2v) is 4.65. The lowest BCUT2D eigenvalue weighted by Crippen LogP contribution is -2.16. The molecule has 1 nitrogen and oxygen atoms in total. The van der Waals surface area contributed by atoms with Crippen molar-refractivity contribution in [1.29, 1.82) is 0 Å². The topological polar surface area (TPSA) is 20.2 Å². The first-order valence-electron chi connectivity index (χ1n) is 4.29. The van der Waals surface area contributed by atoms with E-state index in [9.17, 15) is 0 Å². The van der Waals surface area contributed by atoms with Gasteiger partial charge in [0.1, 0.15) is 0 Å². The normalized spacial score (nSPS) is 42.6.